The summed E-state index contributed by atoms with van der Waals surface area (Å²) in [6.07, 6.45) is 0. The first kappa shape index (κ1) is 21.8. The molecule has 0 atom stereocenters. The fourth-order valence-corrected chi connectivity index (χ4v) is 3.94. The van der Waals surface area contributed by atoms with Crippen molar-refractivity contribution in [3.05, 3.63) is 50.7 Å². The Morgan fingerprint density at radius 2 is 1.80 bits per heavy atom. The molecule has 0 saturated carbocycles. The van der Waals surface area contributed by atoms with Crippen LogP contribution in [0.2, 0.25) is 0 Å². The number of aromatic amines is 1. The number of nitrogens with zero attached hydrogens (tertiary/aromatic N) is 3. The minimum atomic E-state index is -0.801. The number of benzene rings is 1. The summed E-state index contributed by atoms with van der Waals surface area (Å²) in [7, 11) is 3.09. The third-order valence-corrected chi connectivity index (χ3v) is 5.48. The summed E-state index contributed by atoms with van der Waals surface area (Å²) in [4.78, 5) is 43.8. The number of ether oxygens (including phenoxy) is 2. The summed E-state index contributed by atoms with van der Waals surface area (Å²) in [5.41, 5.74) is 5.98. The van der Waals surface area contributed by atoms with E-state index in [0.717, 1.165) is 15.6 Å². The molecule has 10 nitrogen and oxygen atoms in total. The van der Waals surface area contributed by atoms with Gasteiger partial charge in [0, 0.05) is 20.8 Å². The van der Waals surface area contributed by atoms with Crippen LogP contribution in [-0.2, 0) is 22.6 Å². The van der Waals surface area contributed by atoms with Gasteiger partial charge in [-0.15, -0.1) is 0 Å². The van der Waals surface area contributed by atoms with Gasteiger partial charge in [-0.1, -0.05) is 23.9 Å². The van der Waals surface area contributed by atoms with Crippen molar-refractivity contribution in [1.29, 1.82) is 0 Å². The maximum Gasteiger partial charge on any atom is 0.330 e. The number of fused-ring (bicyclic) bond motifs is 1. The van der Waals surface area contributed by atoms with E-state index < -0.39 is 17.0 Å². The number of thioether (sulfide) groups is 1. The summed E-state index contributed by atoms with van der Waals surface area (Å²) < 4.78 is 13.2. The fourth-order valence-electron chi connectivity index (χ4n) is 3.03. The van der Waals surface area contributed by atoms with E-state index in [1.54, 1.807) is 7.11 Å². The number of anilines is 1. The molecule has 0 saturated heterocycles. The van der Waals surface area contributed by atoms with Crippen LogP contribution < -0.4 is 17.0 Å². The molecule has 3 aromatic rings. The number of hydrogen-bond donors (Lipinski definition) is 2. The predicted octanol–water partition coefficient (Wildman–Crippen LogP) is 0.736. The van der Waals surface area contributed by atoms with Gasteiger partial charge in [0.05, 0.1) is 36.5 Å². The molecule has 30 heavy (non-hydrogen) atoms. The second kappa shape index (κ2) is 9.74. The van der Waals surface area contributed by atoms with Gasteiger partial charge < -0.3 is 19.8 Å². The summed E-state index contributed by atoms with van der Waals surface area (Å²) in [6.45, 7) is 1.39. The number of imidazole rings is 1. The number of methoxy groups -OCH3 is 2. The number of nitrogen functional groups attached to an aromatic ring is 1. The van der Waals surface area contributed by atoms with Crippen LogP contribution >= 0.6 is 11.8 Å². The van der Waals surface area contributed by atoms with E-state index in [1.165, 1.54) is 18.9 Å². The normalized spacial score (nSPS) is 11.3. The zero-order chi connectivity index (χ0) is 21.7. The van der Waals surface area contributed by atoms with Crippen molar-refractivity contribution in [2.45, 2.75) is 18.2 Å². The largest absolute Gasteiger partial charge is 0.384 e. The maximum atomic E-state index is 12.8. The average molecular weight is 433 g/mol. The number of carbonyl (C=O) groups is 1. The number of Topliss-reactive ketones (excluding diaryl/α,β-unsaturated/α-hetero) is 1. The molecule has 1 aromatic carbocycles. The number of nitrogens with one attached hydrogen (secondary N) is 1. The zero-order valence-corrected chi connectivity index (χ0v) is 17.5. The van der Waals surface area contributed by atoms with Crippen LogP contribution in [0.15, 0.2) is 39.0 Å². The van der Waals surface area contributed by atoms with E-state index >= 15 is 0 Å². The highest BCUT2D eigenvalue weighted by atomic mass is 32.2. The quantitative estimate of drug-likeness (QED) is 0.353. The second-order valence-electron chi connectivity index (χ2n) is 6.40. The Balaban J connectivity index is 1.87. The van der Waals surface area contributed by atoms with Crippen molar-refractivity contribution in [2.24, 2.45) is 0 Å². The van der Waals surface area contributed by atoms with Crippen LogP contribution in [0, 0.1) is 0 Å². The number of rotatable bonds is 10. The monoisotopic (exact) mass is 433 g/mol. The van der Waals surface area contributed by atoms with Gasteiger partial charge >= 0.3 is 5.69 Å². The van der Waals surface area contributed by atoms with Crippen LogP contribution in [0.4, 0.5) is 5.82 Å². The molecule has 2 heterocycles. The van der Waals surface area contributed by atoms with Gasteiger partial charge in [0.1, 0.15) is 11.4 Å². The van der Waals surface area contributed by atoms with Gasteiger partial charge in [-0.25, -0.2) is 9.78 Å². The van der Waals surface area contributed by atoms with Crippen molar-refractivity contribution in [3.8, 4) is 0 Å². The van der Waals surface area contributed by atoms with Gasteiger partial charge in [0.25, 0.3) is 5.56 Å². The smallest absolute Gasteiger partial charge is 0.330 e. The van der Waals surface area contributed by atoms with E-state index in [0.29, 0.717) is 18.3 Å². The van der Waals surface area contributed by atoms with Crippen molar-refractivity contribution in [2.75, 3.05) is 38.9 Å². The predicted molar refractivity (Wildman–Crippen MR) is 114 cm³/mol. The zero-order valence-electron chi connectivity index (χ0n) is 16.7. The van der Waals surface area contributed by atoms with Gasteiger partial charge in [0.15, 0.2) is 10.9 Å². The Morgan fingerprint density at radius 3 is 2.50 bits per heavy atom. The van der Waals surface area contributed by atoms with Crippen LogP contribution in [0.3, 0.4) is 0 Å². The Kier molecular flexibility index (Phi) is 7.08. The Hall–Kier alpha value is -2.89. The molecule has 0 unspecified atom stereocenters. The number of ketones is 1. The molecule has 0 spiro atoms. The van der Waals surface area contributed by atoms with E-state index in [-0.39, 0.29) is 30.3 Å². The summed E-state index contributed by atoms with van der Waals surface area (Å²) in [5.74, 6) is -0.721. The Bertz CT molecular complexity index is 1170. The molecule has 11 heteroatoms. The van der Waals surface area contributed by atoms with E-state index in [9.17, 15) is 14.4 Å². The first-order valence-corrected chi connectivity index (χ1v) is 10.2. The molecule has 160 valence electrons. The molecule has 0 amide bonds. The summed E-state index contributed by atoms with van der Waals surface area (Å²) in [6, 6.07) is 7.63. The first-order chi connectivity index (χ1) is 14.5. The number of nitrogens with two attached hydrogens (primary N) is 1. The van der Waals surface area contributed by atoms with Gasteiger partial charge in [-0.3, -0.25) is 19.1 Å². The van der Waals surface area contributed by atoms with Crippen molar-refractivity contribution < 1.29 is 14.3 Å². The molecular formula is C19H23N5O5S. The van der Waals surface area contributed by atoms with E-state index in [1.807, 2.05) is 28.8 Å². The molecule has 0 fully saturated rings. The molecule has 0 bridgehead atoms. The lowest BCUT2D eigenvalue weighted by Crippen LogP contribution is -2.37. The highest BCUT2D eigenvalue weighted by molar-refractivity contribution is 7.99. The molecule has 3 N–H and O–H groups in total. The Morgan fingerprint density at radius 1 is 1.13 bits per heavy atom. The lowest BCUT2D eigenvalue weighted by molar-refractivity contribution is 0.102. The molecule has 3 rings (SSSR count). The minimum absolute atomic E-state index is 0.0634. The average Bonchev–Trinajstić information content (AvgIpc) is 3.07. The lowest BCUT2D eigenvalue weighted by Gasteiger charge is -2.12. The maximum absolute atomic E-state index is 12.8. The van der Waals surface area contributed by atoms with Gasteiger partial charge in [-0.2, -0.15) is 0 Å². The highest BCUT2D eigenvalue weighted by Gasteiger charge is 2.21. The molecule has 2 aromatic heterocycles. The van der Waals surface area contributed by atoms with Crippen LogP contribution in [0.5, 0.6) is 0 Å². The van der Waals surface area contributed by atoms with Crippen LogP contribution in [0.1, 0.15) is 10.4 Å². The minimum Gasteiger partial charge on any atom is -0.384 e. The molecular weight excluding hydrogens is 410 g/mol. The SMILES string of the molecule is COCCn1c(N)c(C(=O)CSc2nc3ccccc3n2CCOC)c(=O)[nH]c1=O. The number of hydrogen-bond acceptors (Lipinski definition) is 8. The van der Waals surface area contributed by atoms with Crippen molar-refractivity contribution in [1.82, 2.24) is 19.1 Å². The topological polar surface area (TPSA) is 134 Å². The summed E-state index contributed by atoms with van der Waals surface area (Å²) >= 11 is 1.20. The standard InChI is InChI=1S/C19H23N5O5S/c1-28-9-7-23-13-6-4-3-5-12(13)21-19(23)30-11-14(25)15-16(20)24(8-10-29-2)18(27)22-17(15)26/h3-6H,7-11,20H2,1-2H3,(H,22,26,27). The van der Waals surface area contributed by atoms with Gasteiger partial charge in [-0.05, 0) is 12.1 Å². The number of carbonyl (C=O) groups excluding carboxylic acids is 1. The molecule has 0 aliphatic carbocycles. The van der Waals surface area contributed by atoms with Gasteiger partial charge in [0.2, 0.25) is 0 Å². The van der Waals surface area contributed by atoms with Crippen molar-refractivity contribution >= 4 is 34.4 Å². The van der Waals surface area contributed by atoms with Crippen LogP contribution in [0.25, 0.3) is 11.0 Å². The molecule has 0 aliphatic rings. The molecule has 0 aliphatic heterocycles. The number of H-pyrrole nitrogens is 1. The third kappa shape index (κ3) is 4.48. The molecule has 0 radical (unpaired) electrons. The highest BCUT2D eigenvalue weighted by Crippen LogP contribution is 2.25. The summed E-state index contributed by atoms with van der Waals surface area (Å²) in [5, 5.41) is 0.629. The third-order valence-electron chi connectivity index (χ3n) is 4.51. The van der Waals surface area contributed by atoms with E-state index in [4.69, 9.17) is 15.2 Å². The van der Waals surface area contributed by atoms with E-state index in [2.05, 4.69) is 9.97 Å². The lowest BCUT2D eigenvalue weighted by atomic mass is 10.2. The fraction of sp³-hybridized carbons (Fsp3) is 0.368. The number of para-hydroxylation sites is 2. The number of aromatic nitrogens is 4. The second-order valence-corrected chi connectivity index (χ2v) is 7.35. The van der Waals surface area contributed by atoms with Crippen LogP contribution in [-0.4, -0.2) is 58.1 Å². The first-order valence-electron chi connectivity index (χ1n) is 9.19. The Labute approximate surface area is 176 Å². The van der Waals surface area contributed by atoms with Crippen molar-refractivity contribution in [3.63, 3.8) is 0 Å².